The number of para-hydroxylation sites is 2. The van der Waals surface area contributed by atoms with E-state index in [0.717, 1.165) is 63.7 Å². The number of hydrogen-bond acceptors (Lipinski definition) is 10. The highest BCUT2D eigenvalue weighted by Crippen LogP contribution is 2.57. The van der Waals surface area contributed by atoms with E-state index in [1.165, 1.54) is 81.5 Å². The number of H-pyrrole nitrogens is 4. The van der Waals surface area contributed by atoms with Crippen molar-refractivity contribution in [1.82, 2.24) is 35.2 Å². The number of aromatic amines is 4. The van der Waals surface area contributed by atoms with Crippen LogP contribution in [0.25, 0.3) is 27.9 Å². The molecule has 6 aromatic carbocycles. The Kier molecular flexibility index (Phi) is 27.3. The largest absolute Gasteiger partial charge is 0.366 e. The van der Waals surface area contributed by atoms with Crippen LogP contribution in [0, 0.1) is 5.82 Å². The van der Waals surface area contributed by atoms with E-state index in [9.17, 15) is 42.7 Å². The molecule has 1 spiro atoms. The number of primary amides is 1. The van der Waals surface area contributed by atoms with Gasteiger partial charge in [0.25, 0.3) is 22.9 Å². The maximum Gasteiger partial charge on any atom is 0.326 e. The molecule has 2 amide bonds. The Morgan fingerprint density at radius 3 is 1.71 bits per heavy atom. The summed E-state index contributed by atoms with van der Waals surface area (Å²) in [7, 11) is 0. The monoisotopic (exact) mass is 1420 g/mol. The van der Waals surface area contributed by atoms with Gasteiger partial charge in [0.1, 0.15) is 5.82 Å². The Morgan fingerprint density at radius 1 is 0.524 bits per heavy atom. The molecule has 1 saturated carbocycles. The number of rotatable bonds is 9. The van der Waals surface area contributed by atoms with Crippen molar-refractivity contribution in [2.45, 2.75) is 209 Å². The summed E-state index contributed by atoms with van der Waals surface area (Å²) in [6.07, 6.45) is 15.3. The molecule has 4 aliphatic carbocycles. The molecule has 7 N–H and O–H groups in total. The van der Waals surface area contributed by atoms with Crippen molar-refractivity contribution in [2.24, 2.45) is 5.73 Å². The Hall–Kier alpha value is -10.6. The number of halogens is 1. The minimum Gasteiger partial charge on any atom is -0.366 e. The van der Waals surface area contributed by atoms with Crippen molar-refractivity contribution in [2.75, 3.05) is 0 Å². The van der Waals surface area contributed by atoms with Gasteiger partial charge in [-0.2, -0.15) is 0 Å². The first-order valence-corrected chi connectivity index (χ1v) is 36.7. The smallest absolute Gasteiger partial charge is 0.326 e. The predicted molar refractivity (Wildman–Crippen MR) is 422 cm³/mol. The standard InChI is InChI=1S/C14H16O.C12H14O.C11H12N2O2.C11H12N2O.C11H13NO.C11H13N.C10H12FNO.C8H11NO/c1-9(2)10-3-4-12-11(7-10)13(15)8-14(12)5-6-14;1-8(2)10-4-3-9-5-6-12(13)11(9)7-10;1-6(2)7-4-3-5-8-9(7)12-11(15)13-10(8)14;1-7(2)8-4-3-5-9-10(8)12-6-13-11(9)14;1-7(2)8-4-3-5-9-10(8)6-12-11(9)13;1-8(2)10-6-9-4-3-5-11(9)12-7-10;1-6(2)7-3-4-9(11)8(5-7)10(12)13;1-6(2)7-3-4-9-8(10)5-7/h3-4,7,9H,5-6,8H2,1-2H3;3-4,7-8H,5-6H2,1-2H3;3-6H,1-2H3,(H2,12,13,14,15);3-7H,1-2H3,(H,12,13,14);3-5,7H,6H2,1-2H3,(H,12,13);3-4,6-8H,5H2,1-2H3;3-6H,1-2H3,(H2,12,13);3-6H,1-2H3,(H,9,10). The van der Waals surface area contributed by atoms with Crippen molar-refractivity contribution in [3.05, 3.63) is 294 Å². The van der Waals surface area contributed by atoms with E-state index in [2.05, 4.69) is 179 Å². The van der Waals surface area contributed by atoms with Gasteiger partial charge in [-0.3, -0.25) is 43.5 Å². The number of nitrogens with two attached hydrogens (primary N) is 1. The van der Waals surface area contributed by atoms with Crippen LogP contribution < -0.4 is 33.4 Å². The van der Waals surface area contributed by atoms with Crippen LogP contribution in [0.15, 0.2) is 171 Å². The summed E-state index contributed by atoms with van der Waals surface area (Å²) >= 11 is 0. The molecule has 0 saturated heterocycles. The van der Waals surface area contributed by atoms with Gasteiger partial charge in [0.05, 0.1) is 39.4 Å². The van der Waals surface area contributed by atoms with Gasteiger partial charge in [0.15, 0.2) is 11.6 Å². The van der Waals surface area contributed by atoms with E-state index >= 15 is 0 Å². The van der Waals surface area contributed by atoms with Gasteiger partial charge in [-0.25, -0.2) is 14.2 Å². The Labute approximate surface area is 615 Å². The summed E-state index contributed by atoms with van der Waals surface area (Å²) in [4.78, 5) is 109. The maximum atomic E-state index is 13.0. The average Bonchev–Trinajstić information content (AvgIpc) is 1.57. The minimum absolute atomic E-state index is 0.0220. The predicted octanol–water partition coefficient (Wildman–Crippen LogP) is 18.1. The molecule has 0 bridgehead atoms. The van der Waals surface area contributed by atoms with E-state index in [1.54, 1.807) is 30.5 Å². The molecule has 15 rings (SSSR count). The Morgan fingerprint density at radius 2 is 1.10 bits per heavy atom. The van der Waals surface area contributed by atoms with Crippen molar-refractivity contribution in [1.29, 1.82) is 0 Å². The van der Waals surface area contributed by atoms with Crippen LogP contribution in [0.3, 0.4) is 0 Å². The first-order valence-electron chi connectivity index (χ1n) is 36.7. The molecule has 17 heteroatoms. The first-order chi connectivity index (χ1) is 49.8. The number of amides is 2. The summed E-state index contributed by atoms with van der Waals surface area (Å²) in [6.45, 7) is 34.4. The normalized spacial score (nSPS) is 13.6. The number of aryl methyl sites for hydroxylation is 1. The molecule has 0 atom stereocenters. The quantitative estimate of drug-likeness (QED) is 0.0796. The van der Waals surface area contributed by atoms with Crippen LogP contribution in [0.1, 0.15) is 298 Å². The third kappa shape index (κ3) is 20.5. The second kappa shape index (κ2) is 35.8. The Bertz CT molecular complexity index is 5040. The number of benzene rings is 6. The zero-order valence-electron chi connectivity index (χ0n) is 63.7. The van der Waals surface area contributed by atoms with Crippen LogP contribution >= 0.6 is 0 Å². The van der Waals surface area contributed by atoms with E-state index in [-0.39, 0.29) is 45.4 Å². The molecular weight excluding hydrogens is 1320 g/mol. The van der Waals surface area contributed by atoms with Crippen molar-refractivity contribution >= 4 is 51.3 Å². The number of pyridine rings is 2. The number of nitrogens with one attached hydrogen (secondary N) is 5. The highest BCUT2D eigenvalue weighted by Gasteiger charge is 2.52. The third-order valence-corrected chi connectivity index (χ3v) is 19.6. The molecule has 4 aromatic heterocycles. The zero-order valence-corrected chi connectivity index (χ0v) is 63.7. The second-order valence-electron chi connectivity index (χ2n) is 30.0. The van der Waals surface area contributed by atoms with Gasteiger partial charge >= 0.3 is 5.69 Å². The van der Waals surface area contributed by atoms with Gasteiger partial charge in [-0.05, 0) is 188 Å². The summed E-state index contributed by atoms with van der Waals surface area (Å²) in [6, 6.07) is 40.2. The molecule has 5 heterocycles. The molecule has 1 fully saturated rings. The highest BCUT2D eigenvalue weighted by atomic mass is 19.1. The molecule has 16 nitrogen and oxygen atoms in total. The minimum atomic E-state index is -0.722. The summed E-state index contributed by atoms with van der Waals surface area (Å²) in [5.74, 6) is 2.91. The first kappa shape index (κ1) is 80.1. The number of carbonyl (C=O) groups excluding carboxylic acids is 4. The fraction of sp³-hybridized carbons (Fsp3) is 0.364. The van der Waals surface area contributed by atoms with Crippen molar-refractivity contribution in [3.8, 4) is 0 Å². The van der Waals surface area contributed by atoms with E-state index in [0.29, 0.717) is 76.3 Å². The van der Waals surface area contributed by atoms with E-state index < -0.39 is 17.4 Å². The number of hydrogen-bond donors (Lipinski definition) is 6. The van der Waals surface area contributed by atoms with Gasteiger partial charge in [0.2, 0.25) is 5.56 Å². The summed E-state index contributed by atoms with van der Waals surface area (Å²) in [5.41, 5.74) is 24.2. The van der Waals surface area contributed by atoms with Crippen LogP contribution in [0.4, 0.5) is 4.39 Å². The van der Waals surface area contributed by atoms with Crippen LogP contribution in [0.2, 0.25) is 0 Å². The summed E-state index contributed by atoms with van der Waals surface area (Å²) < 4.78 is 13.0. The molecule has 10 aromatic rings. The maximum absolute atomic E-state index is 13.0. The Balaban J connectivity index is 0.000000152. The number of fused-ring (bicyclic) bond motifs is 7. The molecule has 1 aliphatic heterocycles. The number of carbonyl (C=O) groups is 4. The van der Waals surface area contributed by atoms with Crippen LogP contribution in [-0.4, -0.2) is 53.3 Å². The molecule has 0 radical (unpaired) electrons. The number of Topliss-reactive ketones (excluding diaryl/α,β-unsaturated/α-hetero) is 2. The van der Waals surface area contributed by atoms with Crippen LogP contribution in [-0.2, 0) is 24.8 Å². The highest BCUT2D eigenvalue weighted by molar-refractivity contribution is 6.03. The lowest BCUT2D eigenvalue weighted by Crippen LogP contribution is -2.22. The molecule has 5 aliphatic rings. The molecular formula is C88H103FN8O8. The lowest BCUT2D eigenvalue weighted by molar-refractivity contribution is 0.0961. The fourth-order valence-corrected chi connectivity index (χ4v) is 13.0. The SMILES string of the molecule is CC(C)c1cc[nH]c(=O)c1.CC(C)c1ccc(F)c(C(N)=O)c1.CC(C)c1ccc2c(c1)C(=O)CC2.CC(C)c1ccc2c(c1)C(=O)CC21CC1.CC(C)c1cccc2c(=O)[nH]c(=O)[nH]c12.CC(C)c1cccc2c(=O)[nH]cnc12.CC(C)c1cccc2c1CNC2=O.CC(C)c1cnc2c(c1)C=CC2. The number of aromatic nitrogens is 6. The summed E-state index contributed by atoms with van der Waals surface area (Å²) in [5, 5.41) is 4.04. The van der Waals surface area contributed by atoms with Crippen molar-refractivity contribution in [3.63, 3.8) is 0 Å². The average molecular weight is 1420 g/mol. The van der Waals surface area contributed by atoms with E-state index in [1.807, 2.05) is 76.4 Å². The topological polar surface area (TPSA) is 264 Å². The lowest BCUT2D eigenvalue weighted by Gasteiger charge is -2.10. The fourth-order valence-electron chi connectivity index (χ4n) is 13.0. The molecule has 105 heavy (non-hydrogen) atoms. The van der Waals surface area contributed by atoms with Gasteiger partial charge < -0.3 is 26.0 Å². The molecule has 0 unspecified atom stereocenters. The van der Waals surface area contributed by atoms with E-state index in [4.69, 9.17) is 5.73 Å². The van der Waals surface area contributed by atoms with Crippen molar-refractivity contribution < 1.29 is 23.6 Å². The van der Waals surface area contributed by atoms with Gasteiger partial charge in [-0.1, -0.05) is 190 Å². The number of ketones is 2. The van der Waals surface area contributed by atoms with Gasteiger partial charge in [0, 0.05) is 66.4 Å². The molecule has 550 valence electrons. The lowest BCUT2D eigenvalue weighted by atomic mass is 9.94. The second-order valence-corrected chi connectivity index (χ2v) is 30.0. The van der Waals surface area contributed by atoms with Crippen LogP contribution in [0.5, 0.6) is 0 Å². The third-order valence-electron chi connectivity index (χ3n) is 19.6. The van der Waals surface area contributed by atoms with Gasteiger partial charge in [-0.15, -0.1) is 0 Å². The zero-order chi connectivity index (χ0) is 76.7. The number of allylic oxidation sites excluding steroid dienone is 1. The number of nitrogens with zero attached hydrogens (tertiary/aromatic N) is 2.